The number of hydrogen-bond acceptors (Lipinski definition) is 3. The fraction of sp³-hybridized carbons (Fsp3) is 1.00. The first-order chi connectivity index (χ1) is 8.02. The predicted octanol–water partition coefficient (Wildman–Crippen LogP) is 1.83. The van der Waals surface area contributed by atoms with Crippen LogP contribution >= 0.6 is 11.6 Å². The lowest BCUT2D eigenvalue weighted by atomic mass is 10.1. The SMILES string of the molecule is CCCOC1CCCN(S(=O)(=O)C(C)CCl)C1. The standard InChI is InChI=1S/C11H22ClNO3S/c1-3-7-16-11-5-4-6-13(9-11)17(14,15)10(2)8-12/h10-11H,3-9H2,1-2H3. The molecule has 0 radical (unpaired) electrons. The topological polar surface area (TPSA) is 46.6 Å². The summed E-state index contributed by atoms with van der Waals surface area (Å²) in [6.07, 6.45) is 2.81. The highest BCUT2D eigenvalue weighted by atomic mass is 35.5. The van der Waals surface area contributed by atoms with E-state index >= 15 is 0 Å². The van der Waals surface area contributed by atoms with Gasteiger partial charge in [0.15, 0.2) is 0 Å². The van der Waals surface area contributed by atoms with E-state index in [0.29, 0.717) is 19.7 Å². The quantitative estimate of drug-likeness (QED) is 0.699. The average Bonchev–Trinajstić information content (AvgIpc) is 2.35. The van der Waals surface area contributed by atoms with Crippen LogP contribution < -0.4 is 0 Å². The Morgan fingerprint density at radius 2 is 2.24 bits per heavy atom. The lowest BCUT2D eigenvalue weighted by Crippen LogP contribution is -2.46. The minimum Gasteiger partial charge on any atom is -0.377 e. The molecule has 1 saturated heterocycles. The Morgan fingerprint density at radius 3 is 2.82 bits per heavy atom. The summed E-state index contributed by atoms with van der Waals surface area (Å²) < 4.78 is 31.4. The van der Waals surface area contributed by atoms with Crippen LogP contribution in [0, 0.1) is 0 Å². The molecule has 2 atom stereocenters. The van der Waals surface area contributed by atoms with Gasteiger partial charge in [0.05, 0.1) is 11.4 Å². The molecule has 0 saturated carbocycles. The number of piperidine rings is 1. The zero-order valence-corrected chi connectivity index (χ0v) is 12.1. The average molecular weight is 284 g/mol. The van der Waals surface area contributed by atoms with E-state index in [2.05, 4.69) is 0 Å². The van der Waals surface area contributed by atoms with Crippen molar-refractivity contribution in [1.82, 2.24) is 4.31 Å². The van der Waals surface area contributed by atoms with Gasteiger partial charge in [0, 0.05) is 25.6 Å². The summed E-state index contributed by atoms with van der Waals surface area (Å²) in [6.45, 7) is 5.47. The van der Waals surface area contributed by atoms with Crippen LogP contribution in [0.4, 0.5) is 0 Å². The lowest BCUT2D eigenvalue weighted by molar-refractivity contribution is 0.0192. The lowest BCUT2D eigenvalue weighted by Gasteiger charge is -2.33. The van der Waals surface area contributed by atoms with Gasteiger partial charge in [-0.1, -0.05) is 6.92 Å². The molecule has 0 aromatic heterocycles. The second-order valence-electron chi connectivity index (χ2n) is 4.50. The molecule has 2 unspecified atom stereocenters. The van der Waals surface area contributed by atoms with E-state index in [9.17, 15) is 8.42 Å². The van der Waals surface area contributed by atoms with Crippen LogP contribution in [-0.2, 0) is 14.8 Å². The van der Waals surface area contributed by atoms with E-state index in [1.165, 1.54) is 4.31 Å². The molecule has 1 aliphatic heterocycles. The summed E-state index contributed by atoms with van der Waals surface area (Å²) in [5, 5.41) is -0.519. The van der Waals surface area contributed by atoms with E-state index in [1.54, 1.807) is 6.92 Å². The zero-order valence-electron chi connectivity index (χ0n) is 10.6. The molecule has 0 aliphatic carbocycles. The summed E-state index contributed by atoms with van der Waals surface area (Å²) >= 11 is 5.64. The largest absolute Gasteiger partial charge is 0.377 e. The maximum Gasteiger partial charge on any atom is 0.217 e. The van der Waals surface area contributed by atoms with Crippen LogP contribution in [0.15, 0.2) is 0 Å². The van der Waals surface area contributed by atoms with Gasteiger partial charge in [0.25, 0.3) is 0 Å². The zero-order chi connectivity index (χ0) is 12.9. The number of hydrogen-bond donors (Lipinski definition) is 0. The molecule has 0 aromatic rings. The number of halogens is 1. The van der Waals surface area contributed by atoms with Crippen molar-refractivity contribution in [1.29, 1.82) is 0 Å². The van der Waals surface area contributed by atoms with Crippen molar-refractivity contribution in [3.8, 4) is 0 Å². The predicted molar refractivity (Wildman–Crippen MR) is 69.9 cm³/mol. The van der Waals surface area contributed by atoms with E-state index in [4.69, 9.17) is 16.3 Å². The van der Waals surface area contributed by atoms with Gasteiger partial charge in [-0.05, 0) is 26.2 Å². The molecule has 0 aromatic carbocycles. The molecule has 17 heavy (non-hydrogen) atoms. The van der Waals surface area contributed by atoms with E-state index < -0.39 is 15.3 Å². The molecule has 1 fully saturated rings. The smallest absolute Gasteiger partial charge is 0.217 e. The van der Waals surface area contributed by atoms with Crippen LogP contribution in [0.3, 0.4) is 0 Å². The molecule has 0 N–H and O–H groups in total. The maximum absolute atomic E-state index is 12.1. The highest BCUT2D eigenvalue weighted by molar-refractivity contribution is 7.89. The summed E-state index contributed by atoms with van der Waals surface area (Å²) in [5.74, 6) is 0.138. The van der Waals surface area contributed by atoms with Crippen LogP contribution in [0.25, 0.3) is 0 Å². The van der Waals surface area contributed by atoms with Crippen LogP contribution in [0.1, 0.15) is 33.1 Å². The summed E-state index contributed by atoms with van der Waals surface area (Å²) in [7, 11) is -3.25. The van der Waals surface area contributed by atoms with Crippen molar-refractivity contribution in [2.75, 3.05) is 25.6 Å². The normalized spacial score (nSPS) is 24.8. The Bertz CT molecular complexity index is 321. The fourth-order valence-corrected chi connectivity index (χ4v) is 3.79. The molecule has 0 bridgehead atoms. The molecule has 1 aliphatic rings. The molecule has 102 valence electrons. The van der Waals surface area contributed by atoms with Gasteiger partial charge in [0.2, 0.25) is 10.0 Å². The number of rotatable bonds is 6. The van der Waals surface area contributed by atoms with Crippen molar-refractivity contribution in [2.45, 2.75) is 44.5 Å². The Balaban J connectivity index is 2.60. The molecule has 4 nitrogen and oxygen atoms in total. The molecular formula is C11H22ClNO3S. The van der Waals surface area contributed by atoms with Gasteiger partial charge >= 0.3 is 0 Å². The molecule has 0 spiro atoms. The highest BCUT2D eigenvalue weighted by Gasteiger charge is 2.32. The van der Waals surface area contributed by atoms with Gasteiger partial charge in [-0.3, -0.25) is 0 Å². The van der Waals surface area contributed by atoms with E-state index in [-0.39, 0.29) is 12.0 Å². The van der Waals surface area contributed by atoms with Crippen molar-refractivity contribution in [3.63, 3.8) is 0 Å². The Morgan fingerprint density at radius 1 is 1.53 bits per heavy atom. The van der Waals surface area contributed by atoms with Gasteiger partial charge in [0.1, 0.15) is 0 Å². The minimum atomic E-state index is -3.25. The number of ether oxygens (including phenoxy) is 1. The molecule has 6 heteroatoms. The number of alkyl halides is 1. The highest BCUT2D eigenvalue weighted by Crippen LogP contribution is 2.19. The summed E-state index contributed by atoms with van der Waals surface area (Å²) in [6, 6.07) is 0. The van der Waals surface area contributed by atoms with Crippen molar-refractivity contribution in [2.24, 2.45) is 0 Å². The van der Waals surface area contributed by atoms with Crippen LogP contribution in [-0.4, -0.2) is 49.7 Å². The maximum atomic E-state index is 12.1. The van der Waals surface area contributed by atoms with Gasteiger partial charge < -0.3 is 4.74 Å². The van der Waals surface area contributed by atoms with Gasteiger partial charge in [-0.25, -0.2) is 8.42 Å². The Hall–Kier alpha value is 0.160. The fourth-order valence-electron chi connectivity index (χ4n) is 1.89. The van der Waals surface area contributed by atoms with E-state index in [0.717, 1.165) is 19.3 Å². The molecule has 0 amide bonds. The first kappa shape index (κ1) is 15.2. The first-order valence-electron chi connectivity index (χ1n) is 6.18. The van der Waals surface area contributed by atoms with Crippen molar-refractivity contribution < 1.29 is 13.2 Å². The van der Waals surface area contributed by atoms with Crippen LogP contribution in [0.2, 0.25) is 0 Å². The monoisotopic (exact) mass is 283 g/mol. The summed E-state index contributed by atoms with van der Waals surface area (Å²) in [4.78, 5) is 0. The van der Waals surface area contributed by atoms with Gasteiger partial charge in [-0.2, -0.15) is 4.31 Å². The third-order valence-electron chi connectivity index (χ3n) is 2.98. The summed E-state index contributed by atoms with van der Waals surface area (Å²) in [5.41, 5.74) is 0. The second-order valence-corrected chi connectivity index (χ2v) is 7.16. The third-order valence-corrected chi connectivity index (χ3v) is 5.87. The first-order valence-corrected chi connectivity index (χ1v) is 8.22. The minimum absolute atomic E-state index is 0.0426. The van der Waals surface area contributed by atoms with Crippen LogP contribution in [0.5, 0.6) is 0 Å². The number of nitrogens with zero attached hydrogens (tertiary/aromatic N) is 1. The Kier molecular flexibility index (Phi) is 6.20. The molecule has 1 rings (SSSR count). The second kappa shape index (κ2) is 6.92. The molecular weight excluding hydrogens is 262 g/mol. The number of sulfonamides is 1. The van der Waals surface area contributed by atoms with Crippen molar-refractivity contribution in [3.05, 3.63) is 0 Å². The third kappa shape index (κ3) is 4.09. The van der Waals surface area contributed by atoms with Gasteiger partial charge in [-0.15, -0.1) is 11.6 Å². The molecule has 1 heterocycles. The van der Waals surface area contributed by atoms with Crippen molar-refractivity contribution >= 4 is 21.6 Å². The Labute approximate surface area is 109 Å². The van der Waals surface area contributed by atoms with E-state index in [1.807, 2.05) is 6.92 Å².